The third kappa shape index (κ3) is 2.44. The van der Waals surface area contributed by atoms with Gasteiger partial charge in [-0.1, -0.05) is 41.9 Å². The number of ether oxygens (including phenoxy) is 1. The highest BCUT2D eigenvalue weighted by molar-refractivity contribution is 6.38. The maximum atomic E-state index is 14.2. The largest absolute Gasteiger partial charge is 0.444 e. The van der Waals surface area contributed by atoms with Gasteiger partial charge in [0.25, 0.3) is 11.8 Å². The standard InChI is InChI=1S/C24H16ClN3O4/c25-16-8-3-1-6-13(16)22(30)28-17-9-4-2-7-14(17)24(23(28)31)15(12-26)21(27)32-19-11-5-10-18(29)20(19)24/h1-4,6-9H,5,10-11,27H2/t24-/m0/s1. The molecule has 1 aliphatic carbocycles. The lowest BCUT2D eigenvalue weighted by Crippen LogP contribution is -2.50. The number of fused-ring (bicyclic) bond motifs is 3. The normalized spacial score (nSPS) is 21.9. The Hall–Kier alpha value is -3.89. The van der Waals surface area contributed by atoms with E-state index in [4.69, 9.17) is 22.1 Å². The molecular formula is C24H16ClN3O4. The van der Waals surface area contributed by atoms with Crippen LogP contribution in [0.15, 0.2) is 71.3 Å². The summed E-state index contributed by atoms with van der Waals surface area (Å²) < 4.78 is 5.63. The summed E-state index contributed by atoms with van der Waals surface area (Å²) in [7, 11) is 0. The van der Waals surface area contributed by atoms with E-state index in [2.05, 4.69) is 0 Å². The van der Waals surface area contributed by atoms with Crippen molar-refractivity contribution in [2.24, 2.45) is 5.73 Å². The van der Waals surface area contributed by atoms with Crippen molar-refractivity contribution in [2.45, 2.75) is 24.7 Å². The van der Waals surface area contributed by atoms with Gasteiger partial charge < -0.3 is 10.5 Å². The summed E-state index contributed by atoms with van der Waals surface area (Å²) in [6, 6.07) is 15.0. The SMILES string of the molecule is N#CC1=C(N)OC2=C(C(=O)CCC2)[C@@]12C(=O)N(C(=O)c1ccccc1Cl)c1ccccc12. The smallest absolute Gasteiger partial charge is 0.266 e. The lowest BCUT2D eigenvalue weighted by Gasteiger charge is -2.37. The number of halogens is 1. The topological polar surface area (TPSA) is 113 Å². The molecule has 32 heavy (non-hydrogen) atoms. The molecule has 0 saturated carbocycles. The van der Waals surface area contributed by atoms with Crippen LogP contribution in [0.3, 0.4) is 0 Å². The van der Waals surface area contributed by atoms with E-state index in [9.17, 15) is 19.6 Å². The van der Waals surface area contributed by atoms with Crippen molar-refractivity contribution in [3.63, 3.8) is 0 Å². The molecular weight excluding hydrogens is 430 g/mol. The van der Waals surface area contributed by atoms with Crippen molar-refractivity contribution in [3.05, 3.63) is 87.5 Å². The number of nitrogens with two attached hydrogens (primary N) is 1. The summed E-state index contributed by atoms with van der Waals surface area (Å²) in [5.41, 5.74) is 4.88. The molecule has 3 aliphatic rings. The molecule has 1 spiro atoms. The van der Waals surface area contributed by atoms with Gasteiger partial charge in [-0.2, -0.15) is 5.26 Å². The molecule has 2 heterocycles. The van der Waals surface area contributed by atoms with Gasteiger partial charge in [-0.25, -0.2) is 4.90 Å². The van der Waals surface area contributed by atoms with Gasteiger partial charge in [0, 0.05) is 18.4 Å². The monoisotopic (exact) mass is 445 g/mol. The highest BCUT2D eigenvalue weighted by Crippen LogP contribution is 2.55. The molecule has 0 bridgehead atoms. The van der Waals surface area contributed by atoms with Gasteiger partial charge >= 0.3 is 0 Å². The molecule has 2 aromatic carbocycles. The number of allylic oxidation sites excluding steroid dienone is 1. The highest BCUT2D eigenvalue weighted by Gasteiger charge is 2.63. The first kappa shape index (κ1) is 20.0. The number of carbonyl (C=O) groups is 3. The Morgan fingerprint density at radius 2 is 1.84 bits per heavy atom. The summed E-state index contributed by atoms with van der Waals surface area (Å²) in [5, 5.41) is 10.2. The maximum absolute atomic E-state index is 14.2. The molecule has 7 nitrogen and oxygen atoms in total. The molecule has 0 radical (unpaired) electrons. The lowest BCUT2D eigenvalue weighted by atomic mass is 9.65. The van der Waals surface area contributed by atoms with Crippen LogP contribution < -0.4 is 10.6 Å². The molecule has 0 aromatic heterocycles. The van der Waals surface area contributed by atoms with Crippen LogP contribution in [0.1, 0.15) is 35.2 Å². The summed E-state index contributed by atoms with van der Waals surface area (Å²) >= 11 is 6.24. The van der Waals surface area contributed by atoms with Crippen molar-refractivity contribution >= 4 is 34.9 Å². The summed E-state index contributed by atoms with van der Waals surface area (Å²) in [6.07, 6.45) is 1.15. The van der Waals surface area contributed by atoms with Crippen molar-refractivity contribution in [3.8, 4) is 6.07 Å². The number of nitrogens with zero attached hydrogens (tertiary/aromatic N) is 2. The van der Waals surface area contributed by atoms with E-state index < -0.39 is 17.2 Å². The molecule has 0 fully saturated rings. The number of benzene rings is 2. The zero-order valence-electron chi connectivity index (χ0n) is 16.7. The molecule has 0 unspecified atom stereocenters. The van der Waals surface area contributed by atoms with Gasteiger partial charge in [-0.15, -0.1) is 0 Å². The van der Waals surface area contributed by atoms with Gasteiger partial charge in [-0.05, 0) is 24.6 Å². The Balaban J connectivity index is 1.83. The fourth-order valence-corrected chi connectivity index (χ4v) is 5.00. The average Bonchev–Trinajstić information content (AvgIpc) is 3.03. The van der Waals surface area contributed by atoms with E-state index in [0.717, 1.165) is 4.90 Å². The molecule has 5 rings (SSSR count). The first-order valence-corrected chi connectivity index (χ1v) is 10.4. The van der Waals surface area contributed by atoms with Gasteiger partial charge in [0.15, 0.2) is 5.78 Å². The van der Waals surface area contributed by atoms with Crippen LogP contribution in [-0.4, -0.2) is 17.6 Å². The van der Waals surface area contributed by atoms with Gasteiger partial charge in [0.2, 0.25) is 5.88 Å². The van der Waals surface area contributed by atoms with Crippen LogP contribution in [0.25, 0.3) is 0 Å². The molecule has 1 atom stereocenters. The van der Waals surface area contributed by atoms with Crippen molar-refractivity contribution in [1.82, 2.24) is 0 Å². The number of carbonyl (C=O) groups excluding carboxylic acids is 3. The van der Waals surface area contributed by atoms with Crippen molar-refractivity contribution in [2.75, 3.05) is 4.90 Å². The number of rotatable bonds is 1. The Morgan fingerprint density at radius 3 is 2.59 bits per heavy atom. The Kier molecular flexibility index (Phi) is 4.43. The van der Waals surface area contributed by atoms with Gasteiger partial charge in [-0.3, -0.25) is 14.4 Å². The number of Topliss-reactive ketones (excluding diaryl/α,β-unsaturated/α-hetero) is 1. The van der Waals surface area contributed by atoms with Crippen LogP contribution in [0.4, 0.5) is 5.69 Å². The molecule has 2 amide bonds. The Bertz CT molecular complexity index is 1340. The van der Waals surface area contributed by atoms with Crippen LogP contribution in [0, 0.1) is 11.3 Å². The van der Waals surface area contributed by atoms with E-state index in [0.29, 0.717) is 18.4 Å². The fourth-order valence-electron chi connectivity index (χ4n) is 4.79. The van der Waals surface area contributed by atoms with Crippen LogP contribution >= 0.6 is 11.6 Å². The first-order valence-electron chi connectivity index (χ1n) is 10.0. The van der Waals surface area contributed by atoms with Crippen LogP contribution in [-0.2, 0) is 19.7 Å². The molecule has 2 N–H and O–H groups in total. The Labute approximate surface area is 188 Å². The minimum absolute atomic E-state index is 0.0846. The van der Waals surface area contributed by atoms with Crippen LogP contribution in [0.2, 0.25) is 5.02 Å². The number of imide groups is 1. The molecule has 2 aromatic rings. The summed E-state index contributed by atoms with van der Waals surface area (Å²) in [4.78, 5) is 41.8. The minimum atomic E-state index is -1.84. The highest BCUT2D eigenvalue weighted by atomic mass is 35.5. The van der Waals surface area contributed by atoms with E-state index >= 15 is 0 Å². The number of anilines is 1. The third-order valence-electron chi connectivity index (χ3n) is 6.09. The fraction of sp³-hybridized carbons (Fsp3) is 0.167. The van der Waals surface area contributed by atoms with E-state index in [1.54, 1.807) is 42.5 Å². The lowest BCUT2D eigenvalue weighted by molar-refractivity contribution is -0.124. The zero-order chi connectivity index (χ0) is 22.6. The number of hydrogen-bond acceptors (Lipinski definition) is 6. The van der Waals surface area contributed by atoms with Crippen molar-refractivity contribution in [1.29, 1.82) is 5.26 Å². The van der Waals surface area contributed by atoms with Gasteiger partial charge in [0.05, 0.1) is 21.8 Å². The van der Waals surface area contributed by atoms with E-state index in [1.807, 2.05) is 6.07 Å². The first-order chi connectivity index (χ1) is 15.4. The molecule has 2 aliphatic heterocycles. The number of nitriles is 1. The second kappa shape index (κ2) is 7.08. The maximum Gasteiger partial charge on any atom is 0.266 e. The summed E-state index contributed by atoms with van der Waals surface area (Å²) in [6.45, 7) is 0. The average molecular weight is 446 g/mol. The Morgan fingerprint density at radius 1 is 1.12 bits per heavy atom. The number of amides is 2. The predicted octanol–water partition coefficient (Wildman–Crippen LogP) is 3.50. The quantitative estimate of drug-likeness (QED) is 0.672. The zero-order valence-corrected chi connectivity index (χ0v) is 17.5. The second-order valence-electron chi connectivity index (χ2n) is 7.72. The van der Waals surface area contributed by atoms with Crippen LogP contribution in [0.5, 0.6) is 0 Å². The predicted molar refractivity (Wildman–Crippen MR) is 115 cm³/mol. The number of hydrogen-bond donors (Lipinski definition) is 1. The third-order valence-corrected chi connectivity index (χ3v) is 6.42. The molecule has 158 valence electrons. The molecule has 0 saturated heterocycles. The second-order valence-corrected chi connectivity index (χ2v) is 8.13. The molecule has 8 heteroatoms. The van der Waals surface area contributed by atoms with Gasteiger partial charge in [0.1, 0.15) is 22.8 Å². The number of ketones is 1. The van der Waals surface area contributed by atoms with E-state index in [1.165, 1.54) is 6.07 Å². The van der Waals surface area contributed by atoms with Crippen molar-refractivity contribution < 1.29 is 19.1 Å². The summed E-state index contributed by atoms with van der Waals surface area (Å²) in [5.74, 6) is -1.67. The minimum Gasteiger partial charge on any atom is -0.444 e. The van der Waals surface area contributed by atoms with E-state index in [-0.39, 0.29) is 51.3 Å². The number of para-hydroxylation sites is 1.